The van der Waals surface area contributed by atoms with Gasteiger partial charge in [-0.05, 0) is 33.7 Å². The van der Waals surface area contributed by atoms with Gasteiger partial charge in [-0.15, -0.1) is 0 Å². The summed E-state index contributed by atoms with van der Waals surface area (Å²) in [6.07, 6.45) is 4.86. The first-order chi connectivity index (χ1) is 8.06. The highest BCUT2D eigenvalue weighted by Gasteiger charge is 2.25. The van der Waals surface area contributed by atoms with E-state index in [0.717, 1.165) is 12.8 Å². The predicted molar refractivity (Wildman–Crippen MR) is 69.0 cm³/mol. The Labute approximate surface area is 105 Å². The number of carbonyl (C=O) groups excluding carboxylic acids is 1. The van der Waals surface area contributed by atoms with E-state index in [0.29, 0.717) is 6.04 Å². The fourth-order valence-corrected chi connectivity index (χ4v) is 2.19. The van der Waals surface area contributed by atoms with Crippen LogP contribution in [0.25, 0.3) is 0 Å². The number of likely N-dealkylation sites (N-methyl/N-ethyl adjacent to an activating group) is 2. The normalized spacial score (nSPS) is 25.0. The van der Waals surface area contributed by atoms with E-state index in [1.165, 1.54) is 12.8 Å². The molecule has 0 bridgehead atoms. The van der Waals surface area contributed by atoms with E-state index in [1.807, 2.05) is 27.9 Å². The molecule has 0 spiro atoms. The fraction of sp³-hybridized carbons (Fsp3) is 0.923. The third kappa shape index (κ3) is 4.28. The minimum absolute atomic E-state index is 0.0698. The molecule has 0 radical (unpaired) electrons. The van der Waals surface area contributed by atoms with Crippen LogP contribution in [0.4, 0.5) is 0 Å². The average Bonchev–Trinajstić information content (AvgIpc) is 2.35. The second-order valence-corrected chi connectivity index (χ2v) is 5.13. The van der Waals surface area contributed by atoms with Crippen molar-refractivity contribution in [1.82, 2.24) is 10.2 Å². The summed E-state index contributed by atoms with van der Waals surface area (Å²) in [5, 5.41) is 3.28. The number of nitrogens with zero attached hydrogens (tertiary/aromatic N) is 1. The first-order valence-corrected chi connectivity index (χ1v) is 6.60. The van der Waals surface area contributed by atoms with Crippen molar-refractivity contribution < 1.29 is 9.53 Å². The van der Waals surface area contributed by atoms with E-state index in [2.05, 4.69) is 5.32 Å². The van der Waals surface area contributed by atoms with Gasteiger partial charge in [0.25, 0.3) is 0 Å². The van der Waals surface area contributed by atoms with E-state index in [-0.39, 0.29) is 24.7 Å². The molecule has 0 aromatic heterocycles. The summed E-state index contributed by atoms with van der Waals surface area (Å²) in [4.78, 5) is 13.5. The molecule has 1 amide bonds. The Morgan fingerprint density at radius 2 is 2.06 bits per heavy atom. The van der Waals surface area contributed by atoms with E-state index in [9.17, 15) is 4.79 Å². The van der Waals surface area contributed by atoms with E-state index in [4.69, 9.17) is 4.74 Å². The topological polar surface area (TPSA) is 41.6 Å². The van der Waals surface area contributed by atoms with Crippen molar-refractivity contribution in [2.45, 2.75) is 57.7 Å². The monoisotopic (exact) mass is 242 g/mol. The Kier molecular flexibility index (Phi) is 5.92. The highest BCUT2D eigenvalue weighted by Crippen LogP contribution is 2.21. The SMILES string of the molecule is CNC1CCCCC1OCC(=O)N(C)C(C)C. The summed E-state index contributed by atoms with van der Waals surface area (Å²) in [5.41, 5.74) is 0. The number of ether oxygens (including phenoxy) is 1. The molecule has 17 heavy (non-hydrogen) atoms. The van der Waals surface area contributed by atoms with Crippen molar-refractivity contribution in [3.05, 3.63) is 0 Å². The quantitative estimate of drug-likeness (QED) is 0.792. The van der Waals surface area contributed by atoms with Gasteiger partial charge in [0.1, 0.15) is 6.61 Å². The van der Waals surface area contributed by atoms with Gasteiger partial charge in [-0.3, -0.25) is 4.79 Å². The Hall–Kier alpha value is -0.610. The number of nitrogens with one attached hydrogen (secondary N) is 1. The van der Waals surface area contributed by atoms with Crippen LogP contribution in [0.2, 0.25) is 0 Å². The highest BCUT2D eigenvalue weighted by molar-refractivity contribution is 5.77. The molecule has 2 unspecified atom stereocenters. The molecular weight excluding hydrogens is 216 g/mol. The molecule has 1 aliphatic carbocycles. The molecule has 1 saturated carbocycles. The van der Waals surface area contributed by atoms with E-state index >= 15 is 0 Å². The Morgan fingerprint density at radius 1 is 1.41 bits per heavy atom. The molecule has 1 aliphatic rings. The highest BCUT2D eigenvalue weighted by atomic mass is 16.5. The van der Waals surface area contributed by atoms with Crippen molar-refractivity contribution >= 4 is 5.91 Å². The third-order valence-electron chi connectivity index (χ3n) is 3.66. The zero-order valence-corrected chi connectivity index (χ0v) is 11.5. The van der Waals surface area contributed by atoms with Gasteiger partial charge in [-0.1, -0.05) is 12.8 Å². The molecule has 1 fully saturated rings. The molecule has 0 saturated heterocycles. The Morgan fingerprint density at radius 3 is 2.65 bits per heavy atom. The second kappa shape index (κ2) is 6.97. The van der Waals surface area contributed by atoms with Crippen molar-refractivity contribution in [1.29, 1.82) is 0 Å². The lowest BCUT2D eigenvalue weighted by Crippen LogP contribution is -2.44. The minimum atomic E-state index is 0.0698. The maximum absolute atomic E-state index is 11.8. The molecule has 4 heteroatoms. The fourth-order valence-electron chi connectivity index (χ4n) is 2.19. The van der Waals surface area contributed by atoms with Crippen molar-refractivity contribution in [2.75, 3.05) is 20.7 Å². The van der Waals surface area contributed by atoms with Crippen molar-refractivity contribution in [2.24, 2.45) is 0 Å². The van der Waals surface area contributed by atoms with Gasteiger partial charge in [0.15, 0.2) is 0 Å². The zero-order valence-electron chi connectivity index (χ0n) is 11.5. The molecule has 0 aromatic carbocycles. The van der Waals surface area contributed by atoms with Gasteiger partial charge in [-0.25, -0.2) is 0 Å². The summed E-state index contributed by atoms with van der Waals surface area (Å²) in [6, 6.07) is 0.637. The van der Waals surface area contributed by atoms with Crippen LogP contribution in [0.15, 0.2) is 0 Å². The van der Waals surface area contributed by atoms with E-state index in [1.54, 1.807) is 4.90 Å². The summed E-state index contributed by atoms with van der Waals surface area (Å²) >= 11 is 0. The summed E-state index contributed by atoms with van der Waals surface area (Å²) in [5.74, 6) is 0.0698. The summed E-state index contributed by atoms with van der Waals surface area (Å²) in [7, 11) is 3.79. The maximum Gasteiger partial charge on any atom is 0.248 e. The number of rotatable bonds is 5. The Balaban J connectivity index is 2.35. The zero-order chi connectivity index (χ0) is 12.8. The van der Waals surface area contributed by atoms with Crippen molar-refractivity contribution in [3.8, 4) is 0 Å². The molecule has 2 atom stereocenters. The molecule has 0 aliphatic heterocycles. The van der Waals surface area contributed by atoms with Crippen LogP contribution in [0.5, 0.6) is 0 Å². The van der Waals surface area contributed by atoms with E-state index < -0.39 is 0 Å². The van der Waals surface area contributed by atoms with Crippen LogP contribution >= 0.6 is 0 Å². The van der Waals surface area contributed by atoms with Gasteiger partial charge < -0.3 is 15.0 Å². The first-order valence-electron chi connectivity index (χ1n) is 6.60. The second-order valence-electron chi connectivity index (χ2n) is 5.13. The molecule has 100 valence electrons. The summed E-state index contributed by atoms with van der Waals surface area (Å²) in [6.45, 7) is 4.22. The van der Waals surface area contributed by atoms with Crippen LogP contribution < -0.4 is 5.32 Å². The van der Waals surface area contributed by atoms with Crippen LogP contribution in [-0.2, 0) is 9.53 Å². The molecular formula is C13H26N2O2. The molecule has 1 rings (SSSR count). The first kappa shape index (κ1) is 14.5. The van der Waals surface area contributed by atoms with Crippen LogP contribution in [0.3, 0.4) is 0 Å². The summed E-state index contributed by atoms with van der Waals surface area (Å²) < 4.78 is 5.77. The maximum atomic E-state index is 11.8. The Bertz CT molecular complexity index is 244. The minimum Gasteiger partial charge on any atom is -0.367 e. The molecule has 0 aromatic rings. The largest absolute Gasteiger partial charge is 0.367 e. The number of hydrogen-bond acceptors (Lipinski definition) is 3. The van der Waals surface area contributed by atoms with Crippen molar-refractivity contribution in [3.63, 3.8) is 0 Å². The molecule has 1 N–H and O–H groups in total. The van der Waals surface area contributed by atoms with Gasteiger partial charge in [0.2, 0.25) is 5.91 Å². The van der Waals surface area contributed by atoms with Crippen LogP contribution in [-0.4, -0.2) is 49.7 Å². The average molecular weight is 242 g/mol. The standard InChI is InChI=1S/C13H26N2O2/c1-10(2)15(4)13(16)9-17-12-8-6-5-7-11(12)14-3/h10-12,14H,5-9H2,1-4H3. The number of amides is 1. The van der Waals surface area contributed by atoms with Crippen LogP contribution in [0, 0.1) is 0 Å². The lowest BCUT2D eigenvalue weighted by atomic mass is 9.92. The number of carbonyl (C=O) groups is 1. The van der Waals surface area contributed by atoms with Gasteiger partial charge in [0, 0.05) is 19.1 Å². The predicted octanol–water partition coefficient (Wildman–Crippen LogP) is 1.40. The number of hydrogen-bond donors (Lipinski definition) is 1. The third-order valence-corrected chi connectivity index (χ3v) is 3.66. The van der Waals surface area contributed by atoms with Gasteiger partial charge in [0.05, 0.1) is 6.10 Å². The molecule has 0 heterocycles. The van der Waals surface area contributed by atoms with Gasteiger partial charge >= 0.3 is 0 Å². The van der Waals surface area contributed by atoms with Gasteiger partial charge in [-0.2, -0.15) is 0 Å². The molecule has 4 nitrogen and oxygen atoms in total. The van der Waals surface area contributed by atoms with Crippen LogP contribution in [0.1, 0.15) is 39.5 Å². The lowest BCUT2D eigenvalue weighted by molar-refractivity contribution is -0.139. The lowest BCUT2D eigenvalue weighted by Gasteiger charge is -2.31. The smallest absolute Gasteiger partial charge is 0.248 e.